The van der Waals surface area contributed by atoms with Gasteiger partial charge in [-0.3, -0.25) is 9.59 Å². The van der Waals surface area contributed by atoms with Crippen LogP contribution in [0.15, 0.2) is 46.2 Å². The molecule has 1 amide bonds. The van der Waals surface area contributed by atoms with E-state index in [-0.39, 0.29) is 17.2 Å². The highest BCUT2D eigenvalue weighted by Gasteiger charge is 2.16. The number of thioether (sulfide) groups is 1. The molecule has 6 heteroatoms. The fourth-order valence-electron chi connectivity index (χ4n) is 2.77. The molecule has 0 spiro atoms. The summed E-state index contributed by atoms with van der Waals surface area (Å²) in [5.74, 6) is 0.875. The average molecular weight is 356 g/mol. The molecule has 5 nitrogen and oxygen atoms in total. The SMILES string of the molecule is CCn1c(SCC(=O)Nc2ccc(OC)cc2)cc2c(c1=O)CC=C2. The van der Waals surface area contributed by atoms with Gasteiger partial charge in [-0.05, 0) is 49.2 Å². The topological polar surface area (TPSA) is 60.3 Å². The van der Waals surface area contributed by atoms with Gasteiger partial charge in [0.05, 0.1) is 17.9 Å². The number of benzene rings is 1. The Kier molecular flexibility index (Phi) is 5.28. The third kappa shape index (κ3) is 3.79. The zero-order chi connectivity index (χ0) is 17.8. The van der Waals surface area contributed by atoms with E-state index in [0.717, 1.165) is 27.6 Å². The normalized spacial score (nSPS) is 12.1. The number of methoxy groups -OCH3 is 1. The summed E-state index contributed by atoms with van der Waals surface area (Å²) in [6.45, 7) is 2.53. The summed E-state index contributed by atoms with van der Waals surface area (Å²) in [4.78, 5) is 24.7. The molecule has 0 saturated carbocycles. The number of nitrogens with one attached hydrogen (secondary N) is 1. The molecule has 1 aromatic heterocycles. The Balaban J connectivity index is 1.68. The monoisotopic (exact) mass is 356 g/mol. The maximum absolute atomic E-state index is 12.5. The van der Waals surface area contributed by atoms with E-state index in [2.05, 4.69) is 5.32 Å². The van der Waals surface area contributed by atoms with Crippen LogP contribution in [0, 0.1) is 0 Å². The number of pyridine rings is 1. The van der Waals surface area contributed by atoms with Crippen LogP contribution in [0.25, 0.3) is 6.08 Å². The van der Waals surface area contributed by atoms with Crippen molar-refractivity contribution in [2.45, 2.75) is 24.9 Å². The fourth-order valence-corrected chi connectivity index (χ4v) is 3.70. The summed E-state index contributed by atoms with van der Waals surface area (Å²) in [5.41, 5.74) is 2.57. The van der Waals surface area contributed by atoms with E-state index in [1.165, 1.54) is 11.8 Å². The number of hydrogen-bond donors (Lipinski definition) is 1. The number of rotatable bonds is 6. The Hall–Kier alpha value is -2.47. The number of carbonyl (C=O) groups is 1. The molecule has 1 aliphatic rings. The molecule has 3 rings (SSSR count). The number of ether oxygens (including phenoxy) is 1. The van der Waals surface area contributed by atoms with E-state index in [1.54, 1.807) is 35.9 Å². The van der Waals surface area contributed by atoms with Crippen LogP contribution < -0.4 is 15.6 Å². The molecular weight excluding hydrogens is 336 g/mol. The van der Waals surface area contributed by atoms with Crippen LogP contribution >= 0.6 is 11.8 Å². The van der Waals surface area contributed by atoms with Gasteiger partial charge in [-0.1, -0.05) is 23.9 Å². The quantitative estimate of drug-likeness (QED) is 0.808. The Morgan fingerprint density at radius 3 is 2.76 bits per heavy atom. The first-order valence-corrected chi connectivity index (χ1v) is 9.11. The average Bonchev–Trinajstić information content (AvgIpc) is 3.09. The minimum atomic E-state index is -0.110. The fraction of sp³-hybridized carbons (Fsp3) is 0.263. The largest absolute Gasteiger partial charge is 0.497 e. The second kappa shape index (κ2) is 7.61. The standard InChI is InChI=1S/C19H20N2O3S/c1-3-21-18(11-13-5-4-6-16(13)19(21)23)25-12-17(22)20-14-7-9-15(24-2)10-8-14/h4-5,7-11H,3,6,12H2,1-2H3,(H,20,22). The molecular formula is C19H20N2O3S. The summed E-state index contributed by atoms with van der Waals surface area (Å²) >= 11 is 1.38. The second-order valence-corrected chi connectivity index (χ2v) is 6.63. The predicted octanol–water partition coefficient (Wildman–Crippen LogP) is 3.18. The lowest BCUT2D eigenvalue weighted by Crippen LogP contribution is -2.25. The number of carbonyl (C=O) groups excluding carboxylic acids is 1. The predicted molar refractivity (Wildman–Crippen MR) is 101 cm³/mol. The number of allylic oxidation sites excluding steroid dienone is 1. The van der Waals surface area contributed by atoms with Crippen molar-refractivity contribution in [1.82, 2.24) is 4.57 Å². The van der Waals surface area contributed by atoms with Crippen molar-refractivity contribution in [3.63, 3.8) is 0 Å². The van der Waals surface area contributed by atoms with Gasteiger partial charge in [-0.25, -0.2) is 0 Å². The van der Waals surface area contributed by atoms with Crippen LogP contribution in [0.5, 0.6) is 5.75 Å². The first-order chi connectivity index (χ1) is 12.1. The van der Waals surface area contributed by atoms with E-state index >= 15 is 0 Å². The summed E-state index contributed by atoms with van der Waals surface area (Å²) in [6, 6.07) is 9.18. The molecule has 0 fully saturated rings. The van der Waals surface area contributed by atoms with Crippen LogP contribution in [0.3, 0.4) is 0 Å². The number of amides is 1. The van der Waals surface area contributed by atoms with Crippen LogP contribution in [0.4, 0.5) is 5.69 Å². The van der Waals surface area contributed by atoms with Crippen molar-refractivity contribution in [3.8, 4) is 5.75 Å². The lowest BCUT2D eigenvalue weighted by Gasteiger charge is -2.13. The van der Waals surface area contributed by atoms with E-state index in [0.29, 0.717) is 13.0 Å². The molecule has 1 heterocycles. The van der Waals surface area contributed by atoms with Crippen molar-refractivity contribution in [2.75, 3.05) is 18.2 Å². The molecule has 0 bridgehead atoms. The number of aromatic nitrogens is 1. The van der Waals surface area contributed by atoms with E-state index in [1.807, 2.05) is 25.1 Å². The van der Waals surface area contributed by atoms with Crippen molar-refractivity contribution < 1.29 is 9.53 Å². The smallest absolute Gasteiger partial charge is 0.255 e. The van der Waals surface area contributed by atoms with Crippen molar-refractivity contribution in [1.29, 1.82) is 0 Å². The van der Waals surface area contributed by atoms with Crippen molar-refractivity contribution >= 4 is 29.4 Å². The lowest BCUT2D eigenvalue weighted by molar-refractivity contribution is -0.113. The Morgan fingerprint density at radius 2 is 2.08 bits per heavy atom. The molecule has 130 valence electrons. The summed E-state index contributed by atoms with van der Waals surface area (Å²) in [6.07, 6.45) is 4.66. The molecule has 0 unspecified atom stereocenters. The summed E-state index contributed by atoms with van der Waals surface area (Å²) < 4.78 is 6.83. The minimum Gasteiger partial charge on any atom is -0.497 e. The minimum absolute atomic E-state index is 0.0445. The summed E-state index contributed by atoms with van der Waals surface area (Å²) in [7, 11) is 1.60. The lowest BCUT2D eigenvalue weighted by atomic mass is 10.2. The number of hydrogen-bond acceptors (Lipinski definition) is 4. The zero-order valence-corrected chi connectivity index (χ0v) is 15.1. The molecule has 2 aromatic rings. The first-order valence-electron chi connectivity index (χ1n) is 8.12. The van der Waals surface area contributed by atoms with E-state index < -0.39 is 0 Å². The molecule has 1 aromatic carbocycles. The van der Waals surface area contributed by atoms with Gasteiger partial charge in [0.2, 0.25) is 5.91 Å². The Labute approximate surface area is 150 Å². The maximum Gasteiger partial charge on any atom is 0.255 e. The zero-order valence-electron chi connectivity index (χ0n) is 14.2. The van der Waals surface area contributed by atoms with E-state index in [9.17, 15) is 9.59 Å². The first kappa shape index (κ1) is 17.4. The third-order valence-corrected chi connectivity index (χ3v) is 5.10. The van der Waals surface area contributed by atoms with Crippen LogP contribution in [0.2, 0.25) is 0 Å². The second-order valence-electron chi connectivity index (χ2n) is 5.64. The van der Waals surface area contributed by atoms with Gasteiger partial charge in [-0.15, -0.1) is 0 Å². The van der Waals surface area contributed by atoms with Gasteiger partial charge in [0, 0.05) is 17.8 Å². The molecule has 25 heavy (non-hydrogen) atoms. The van der Waals surface area contributed by atoms with Gasteiger partial charge in [-0.2, -0.15) is 0 Å². The molecule has 0 atom stereocenters. The maximum atomic E-state index is 12.5. The van der Waals surface area contributed by atoms with Gasteiger partial charge in [0.25, 0.3) is 5.56 Å². The van der Waals surface area contributed by atoms with Crippen molar-refractivity contribution in [2.24, 2.45) is 0 Å². The number of fused-ring (bicyclic) bond motifs is 1. The molecule has 0 radical (unpaired) electrons. The van der Waals surface area contributed by atoms with Gasteiger partial charge >= 0.3 is 0 Å². The number of nitrogens with zero attached hydrogens (tertiary/aromatic N) is 1. The highest BCUT2D eigenvalue weighted by Crippen LogP contribution is 2.24. The third-order valence-electron chi connectivity index (χ3n) is 4.06. The van der Waals surface area contributed by atoms with Crippen LogP contribution in [-0.4, -0.2) is 23.3 Å². The van der Waals surface area contributed by atoms with E-state index in [4.69, 9.17) is 4.74 Å². The number of anilines is 1. The molecule has 0 saturated heterocycles. The summed E-state index contributed by atoms with van der Waals surface area (Å²) in [5, 5.41) is 3.67. The van der Waals surface area contributed by atoms with Gasteiger partial charge in [0.1, 0.15) is 5.75 Å². The highest BCUT2D eigenvalue weighted by molar-refractivity contribution is 7.99. The van der Waals surface area contributed by atoms with Crippen LogP contribution in [-0.2, 0) is 17.8 Å². The van der Waals surface area contributed by atoms with Gasteiger partial charge < -0.3 is 14.6 Å². The molecule has 0 aliphatic heterocycles. The van der Waals surface area contributed by atoms with Crippen LogP contribution in [0.1, 0.15) is 18.1 Å². The Morgan fingerprint density at radius 1 is 1.32 bits per heavy atom. The highest BCUT2D eigenvalue weighted by atomic mass is 32.2. The molecule has 1 N–H and O–H groups in total. The molecule has 1 aliphatic carbocycles. The Bertz CT molecular complexity index is 869. The van der Waals surface area contributed by atoms with Crippen molar-refractivity contribution in [3.05, 3.63) is 57.9 Å². The van der Waals surface area contributed by atoms with Gasteiger partial charge in [0.15, 0.2) is 0 Å².